The number of hydrogen-bond acceptors (Lipinski definition) is 4. The fourth-order valence-corrected chi connectivity index (χ4v) is 3.93. The number of rotatable bonds is 4. The van der Waals surface area contributed by atoms with Gasteiger partial charge in [0.25, 0.3) is 0 Å². The summed E-state index contributed by atoms with van der Waals surface area (Å²) in [5, 5.41) is 4.69. The van der Waals surface area contributed by atoms with Crippen molar-refractivity contribution >= 4 is 26.8 Å². The highest BCUT2D eigenvalue weighted by atomic mass is 79.9. The Hall–Kier alpha value is -1.04. The van der Waals surface area contributed by atoms with E-state index in [9.17, 15) is 0 Å². The first-order valence-corrected chi connectivity index (χ1v) is 9.28. The molecule has 1 N–H and O–H groups in total. The molecule has 1 aliphatic heterocycles. The van der Waals surface area contributed by atoms with Crippen LogP contribution < -0.4 is 5.32 Å². The molecule has 0 amide bonds. The molecule has 1 unspecified atom stereocenters. The van der Waals surface area contributed by atoms with Crippen molar-refractivity contribution in [2.45, 2.75) is 51.7 Å². The molecular formula is C18H25BrN4. The lowest BCUT2D eigenvalue weighted by Crippen LogP contribution is -2.55. The van der Waals surface area contributed by atoms with Crippen LogP contribution in [0.15, 0.2) is 28.9 Å². The minimum absolute atomic E-state index is 0.306. The van der Waals surface area contributed by atoms with Crippen LogP contribution in [-0.4, -0.2) is 40.0 Å². The smallest absolute Gasteiger partial charge is 0.146 e. The predicted octanol–water partition coefficient (Wildman–Crippen LogP) is 3.92. The standard InChI is InChI=1S/C18H25BrN4/c1-4-5-17(23-10-12(2)21-13(3)11-23)18-20-9-14-8-15(19)6-7-16(14)22-18/h6-9,12-13,17,21H,4-5,10-11H2,1-3H3/t12-,13+,17?. The van der Waals surface area contributed by atoms with E-state index in [4.69, 9.17) is 9.97 Å². The fraction of sp³-hybridized carbons (Fsp3) is 0.556. The van der Waals surface area contributed by atoms with Crippen molar-refractivity contribution in [2.75, 3.05) is 13.1 Å². The first-order valence-electron chi connectivity index (χ1n) is 8.49. The second-order valence-corrected chi connectivity index (χ2v) is 7.57. The molecule has 5 heteroatoms. The van der Waals surface area contributed by atoms with Gasteiger partial charge in [-0.1, -0.05) is 29.3 Å². The van der Waals surface area contributed by atoms with Gasteiger partial charge in [0.05, 0.1) is 11.6 Å². The molecule has 124 valence electrons. The van der Waals surface area contributed by atoms with Crippen molar-refractivity contribution in [3.63, 3.8) is 0 Å². The van der Waals surface area contributed by atoms with Gasteiger partial charge in [0.1, 0.15) is 5.82 Å². The van der Waals surface area contributed by atoms with E-state index in [-0.39, 0.29) is 0 Å². The van der Waals surface area contributed by atoms with Crippen molar-refractivity contribution < 1.29 is 0 Å². The molecule has 1 fully saturated rings. The molecule has 0 saturated carbocycles. The Morgan fingerprint density at radius 1 is 1.30 bits per heavy atom. The summed E-state index contributed by atoms with van der Waals surface area (Å²) in [5.74, 6) is 0.961. The lowest BCUT2D eigenvalue weighted by molar-refractivity contribution is 0.112. The van der Waals surface area contributed by atoms with Crippen LogP contribution >= 0.6 is 15.9 Å². The van der Waals surface area contributed by atoms with E-state index in [2.05, 4.69) is 59.1 Å². The third-order valence-corrected chi connectivity index (χ3v) is 4.94. The maximum Gasteiger partial charge on any atom is 0.146 e. The number of hydrogen-bond donors (Lipinski definition) is 1. The Bertz CT molecular complexity index is 665. The topological polar surface area (TPSA) is 41.1 Å². The zero-order valence-electron chi connectivity index (χ0n) is 14.1. The highest BCUT2D eigenvalue weighted by Gasteiger charge is 2.29. The van der Waals surface area contributed by atoms with Gasteiger partial charge in [-0.3, -0.25) is 4.90 Å². The Balaban J connectivity index is 1.92. The van der Waals surface area contributed by atoms with Gasteiger partial charge >= 0.3 is 0 Å². The van der Waals surface area contributed by atoms with E-state index in [0.717, 1.165) is 47.1 Å². The Kier molecular flexibility index (Phi) is 5.29. The summed E-state index contributed by atoms with van der Waals surface area (Å²) in [7, 11) is 0. The molecule has 0 bridgehead atoms. The van der Waals surface area contributed by atoms with Crippen LogP contribution in [0.3, 0.4) is 0 Å². The zero-order chi connectivity index (χ0) is 16.4. The van der Waals surface area contributed by atoms with Gasteiger partial charge in [0, 0.05) is 41.2 Å². The van der Waals surface area contributed by atoms with E-state index in [0.29, 0.717) is 18.1 Å². The molecule has 0 spiro atoms. The lowest BCUT2D eigenvalue weighted by Gasteiger charge is -2.40. The van der Waals surface area contributed by atoms with Crippen LogP contribution in [0.4, 0.5) is 0 Å². The number of halogens is 1. The molecular weight excluding hydrogens is 352 g/mol. The minimum atomic E-state index is 0.306. The second-order valence-electron chi connectivity index (χ2n) is 6.66. The van der Waals surface area contributed by atoms with Crippen molar-refractivity contribution in [3.05, 3.63) is 34.7 Å². The number of nitrogens with zero attached hydrogens (tertiary/aromatic N) is 3. The molecule has 2 heterocycles. The van der Waals surface area contributed by atoms with Crippen molar-refractivity contribution in [3.8, 4) is 0 Å². The molecule has 1 saturated heterocycles. The molecule has 1 aliphatic rings. The van der Waals surface area contributed by atoms with E-state index in [1.165, 1.54) is 0 Å². The fourth-order valence-electron chi connectivity index (χ4n) is 3.55. The molecule has 2 aromatic rings. The predicted molar refractivity (Wildman–Crippen MR) is 98.5 cm³/mol. The molecule has 0 aliphatic carbocycles. The SMILES string of the molecule is CCCC(c1ncc2cc(Br)ccc2n1)N1C[C@@H](C)N[C@@H](C)C1. The first kappa shape index (κ1) is 16.8. The summed E-state index contributed by atoms with van der Waals surface area (Å²) in [6.45, 7) is 8.85. The van der Waals surface area contributed by atoms with Gasteiger partial charge in [-0.05, 0) is 38.5 Å². The average molecular weight is 377 g/mol. The summed E-state index contributed by atoms with van der Waals surface area (Å²) < 4.78 is 1.07. The second kappa shape index (κ2) is 7.24. The van der Waals surface area contributed by atoms with Crippen LogP contribution in [0, 0.1) is 0 Å². The Morgan fingerprint density at radius 2 is 2.04 bits per heavy atom. The molecule has 23 heavy (non-hydrogen) atoms. The number of aromatic nitrogens is 2. The van der Waals surface area contributed by atoms with Crippen molar-refractivity contribution in [1.29, 1.82) is 0 Å². The first-order chi connectivity index (χ1) is 11.1. The summed E-state index contributed by atoms with van der Waals surface area (Å²) in [4.78, 5) is 12.1. The molecule has 0 radical (unpaired) electrons. The number of piperazine rings is 1. The third-order valence-electron chi connectivity index (χ3n) is 4.45. The van der Waals surface area contributed by atoms with Gasteiger partial charge in [-0.2, -0.15) is 0 Å². The number of benzene rings is 1. The van der Waals surface area contributed by atoms with Gasteiger partial charge in [-0.25, -0.2) is 9.97 Å². The number of nitrogens with one attached hydrogen (secondary N) is 1. The maximum absolute atomic E-state index is 4.87. The lowest BCUT2D eigenvalue weighted by atomic mass is 10.0. The quantitative estimate of drug-likeness (QED) is 0.877. The maximum atomic E-state index is 4.87. The van der Waals surface area contributed by atoms with Crippen LogP contribution in [0.2, 0.25) is 0 Å². The van der Waals surface area contributed by atoms with Crippen LogP contribution in [0.25, 0.3) is 10.9 Å². The molecule has 3 rings (SSSR count). The van der Waals surface area contributed by atoms with E-state index in [1.54, 1.807) is 0 Å². The molecule has 4 nitrogen and oxygen atoms in total. The normalized spacial score (nSPS) is 24.0. The van der Waals surface area contributed by atoms with Gasteiger partial charge in [0.2, 0.25) is 0 Å². The van der Waals surface area contributed by atoms with E-state index >= 15 is 0 Å². The minimum Gasteiger partial charge on any atom is -0.309 e. The Labute approximate surface area is 146 Å². The average Bonchev–Trinajstić information content (AvgIpc) is 2.51. The van der Waals surface area contributed by atoms with Crippen molar-refractivity contribution in [1.82, 2.24) is 20.2 Å². The largest absolute Gasteiger partial charge is 0.309 e. The summed E-state index contributed by atoms with van der Waals surface area (Å²) >= 11 is 3.51. The third kappa shape index (κ3) is 3.90. The van der Waals surface area contributed by atoms with Crippen LogP contribution in [-0.2, 0) is 0 Å². The van der Waals surface area contributed by atoms with Crippen LogP contribution in [0.5, 0.6) is 0 Å². The zero-order valence-corrected chi connectivity index (χ0v) is 15.7. The summed E-state index contributed by atoms with van der Waals surface area (Å²) in [5.41, 5.74) is 1.02. The molecule has 1 aromatic heterocycles. The van der Waals surface area contributed by atoms with Gasteiger partial charge in [-0.15, -0.1) is 0 Å². The monoisotopic (exact) mass is 376 g/mol. The van der Waals surface area contributed by atoms with Crippen molar-refractivity contribution in [2.24, 2.45) is 0 Å². The highest BCUT2D eigenvalue weighted by molar-refractivity contribution is 9.10. The van der Waals surface area contributed by atoms with Gasteiger partial charge < -0.3 is 5.32 Å². The Morgan fingerprint density at radius 3 is 2.74 bits per heavy atom. The summed E-state index contributed by atoms with van der Waals surface area (Å²) in [6, 6.07) is 7.51. The van der Waals surface area contributed by atoms with Gasteiger partial charge in [0.15, 0.2) is 0 Å². The molecule has 3 atom stereocenters. The molecule has 1 aromatic carbocycles. The highest BCUT2D eigenvalue weighted by Crippen LogP contribution is 2.27. The van der Waals surface area contributed by atoms with E-state index < -0.39 is 0 Å². The van der Waals surface area contributed by atoms with Crippen LogP contribution in [0.1, 0.15) is 45.5 Å². The number of fused-ring (bicyclic) bond motifs is 1. The van der Waals surface area contributed by atoms with E-state index in [1.807, 2.05) is 12.3 Å². The summed E-state index contributed by atoms with van der Waals surface area (Å²) in [6.07, 6.45) is 4.20.